The van der Waals surface area contributed by atoms with Crippen molar-refractivity contribution in [3.05, 3.63) is 23.9 Å². The maximum absolute atomic E-state index is 9.05. The van der Waals surface area contributed by atoms with Crippen molar-refractivity contribution in [3.8, 4) is 0 Å². The van der Waals surface area contributed by atoms with Crippen LogP contribution < -0.4 is 5.32 Å². The van der Waals surface area contributed by atoms with E-state index < -0.39 is 0 Å². The summed E-state index contributed by atoms with van der Waals surface area (Å²) in [4.78, 5) is 4.32. The highest BCUT2D eigenvalue weighted by Gasteiger charge is 1.96. The number of nitrogens with zero attached hydrogens (tertiary/aromatic N) is 1. The van der Waals surface area contributed by atoms with E-state index >= 15 is 0 Å². The van der Waals surface area contributed by atoms with E-state index in [1.807, 2.05) is 32.0 Å². The van der Waals surface area contributed by atoms with Crippen molar-refractivity contribution in [1.29, 1.82) is 0 Å². The van der Waals surface area contributed by atoms with E-state index in [4.69, 9.17) is 5.11 Å². The molecule has 0 fully saturated rings. The van der Waals surface area contributed by atoms with Gasteiger partial charge in [-0.05, 0) is 38.8 Å². The van der Waals surface area contributed by atoms with Gasteiger partial charge >= 0.3 is 0 Å². The van der Waals surface area contributed by atoms with Crippen molar-refractivity contribution in [2.24, 2.45) is 0 Å². The molecule has 0 aliphatic rings. The summed E-state index contributed by atoms with van der Waals surface area (Å²) >= 11 is 0. The number of hydrogen-bond donors (Lipinski definition) is 2. The van der Waals surface area contributed by atoms with Crippen LogP contribution in [0.4, 0.5) is 5.82 Å². The lowest BCUT2D eigenvalue weighted by Gasteiger charge is -2.06. The third kappa shape index (κ3) is 4.23. The maximum Gasteiger partial charge on any atom is 0.126 e. The summed E-state index contributed by atoms with van der Waals surface area (Å²) in [6, 6.07) is 5.91. The zero-order valence-electron chi connectivity index (χ0n) is 8.83. The number of aryl methyl sites for hydroxylation is 1. The SMILES string of the molecule is Cc1cccc(NCCCC(C)O)n1. The number of aliphatic hydroxyl groups excluding tert-OH is 1. The molecule has 3 nitrogen and oxygen atoms in total. The first-order chi connectivity index (χ1) is 6.68. The molecule has 0 amide bonds. The molecule has 3 heteroatoms. The molecule has 0 aromatic carbocycles. The number of rotatable bonds is 5. The first kappa shape index (κ1) is 11.0. The standard InChI is InChI=1S/C11H18N2O/c1-9-5-3-7-11(13-9)12-8-4-6-10(2)14/h3,5,7,10,14H,4,6,8H2,1-2H3,(H,12,13). The molecule has 0 spiro atoms. The normalized spacial score (nSPS) is 12.5. The van der Waals surface area contributed by atoms with Crippen LogP contribution in [0.3, 0.4) is 0 Å². The molecule has 1 unspecified atom stereocenters. The molecular formula is C11H18N2O. The smallest absolute Gasteiger partial charge is 0.126 e. The van der Waals surface area contributed by atoms with Crippen LogP contribution in [-0.4, -0.2) is 22.7 Å². The van der Waals surface area contributed by atoms with Crippen molar-refractivity contribution in [2.45, 2.75) is 32.8 Å². The van der Waals surface area contributed by atoms with Crippen LogP contribution in [0, 0.1) is 6.92 Å². The fraction of sp³-hybridized carbons (Fsp3) is 0.545. The topological polar surface area (TPSA) is 45.1 Å². The summed E-state index contributed by atoms with van der Waals surface area (Å²) < 4.78 is 0. The summed E-state index contributed by atoms with van der Waals surface area (Å²) in [6.45, 7) is 4.65. The Kier molecular flexibility index (Phi) is 4.40. The van der Waals surface area contributed by atoms with E-state index in [2.05, 4.69) is 10.3 Å². The van der Waals surface area contributed by atoms with Gasteiger partial charge in [0.05, 0.1) is 6.10 Å². The highest BCUT2D eigenvalue weighted by Crippen LogP contribution is 2.04. The van der Waals surface area contributed by atoms with Crippen molar-refractivity contribution in [1.82, 2.24) is 4.98 Å². The minimum Gasteiger partial charge on any atom is -0.393 e. The van der Waals surface area contributed by atoms with Crippen LogP contribution in [-0.2, 0) is 0 Å². The highest BCUT2D eigenvalue weighted by atomic mass is 16.3. The molecule has 1 aromatic heterocycles. The number of nitrogens with one attached hydrogen (secondary N) is 1. The van der Waals surface area contributed by atoms with Crippen molar-refractivity contribution >= 4 is 5.82 Å². The number of hydrogen-bond acceptors (Lipinski definition) is 3. The Morgan fingerprint density at radius 1 is 1.50 bits per heavy atom. The zero-order valence-corrected chi connectivity index (χ0v) is 8.83. The first-order valence-electron chi connectivity index (χ1n) is 5.04. The van der Waals surface area contributed by atoms with E-state index in [0.717, 1.165) is 30.9 Å². The highest BCUT2D eigenvalue weighted by molar-refractivity contribution is 5.34. The second-order valence-corrected chi connectivity index (χ2v) is 3.58. The number of aliphatic hydroxyl groups is 1. The fourth-order valence-electron chi connectivity index (χ4n) is 1.26. The van der Waals surface area contributed by atoms with Crippen LogP contribution in [0.25, 0.3) is 0 Å². The quantitative estimate of drug-likeness (QED) is 0.704. The van der Waals surface area contributed by atoms with Crippen LogP contribution >= 0.6 is 0 Å². The third-order valence-electron chi connectivity index (χ3n) is 1.99. The minimum atomic E-state index is -0.206. The monoisotopic (exact) mass is 194 g/mol. The van der Waals surface area contributed by atoms with Gasteiger partial charge in [0.2, 0.25) is 0 Å². The van der Waals surface area contributed by atoms with Gasteiger partial charge in [-0.2, -0.15) is 0 Å². The molecule has 0 radical (unpaired) electrons. The predicted octanol–water partition coefficient (Wildman–Crippen LogP) is 1.96. The fourth-order valence-corrected chi connectivity index (χ4v) is 1.26. The maximum atomic E-state index is 9.05. The lowest BCUT2D eigenvalue weighted by atomic mass is 10.2. The number of aromatic nitrogens is 1. The molecule has 1 atom stereocenters. The molecule has 14 heavy (non-hydrogen) atoms. The van der Waals surface area contributed by atoms with Crippen LogP contribution in [0.5, 0.6) is 0 Å². The van der Waals surface area contributed by atoms with Gasteiger partial charge in [-0.3, -0.25) is 0 Å². The average Bonchev–Trinajstić information content (AvgIpc) is 2.12. The lowest BCUT2D eigenvalue weighted by Crippen LogP contribution is -2.07. The summed E-state index contributed by atoms with van der Waals surface area (Å²) in [5, 5.41) is 12.3. The number of pyridine rings is 1. The van der Waals surface area contributed by atoms with Gasteiger partial charge in [-0.15, -0.1) is 0 Å². The van der Waals surface area contributed by atoms with E-state index in [1.54, 1.807) is 0 Å². The van der Waals surface area contributed by atoms with Gasteiger partial charge < -0.3 is 10.4 Å². The Labute approximate surface area is 85.2 Å². The van der Waals surface area contributed by atoms with Crippen molar-refractivity contribution in [3.63, 3.8) is 0 Å². The van der Waals surface area contributed by atoms with E-state index in [9.17, 15) is 0 Å². The van der Waals surface area contributed by atoms with E-state index in [-0.39, 0.29) is 6.10 Å². The Morgan fingerprint density at radius 2 is 2.29 bits per heavy atom. The molecule has 1 heterocycles. The lowest BCUT2D eigenvalue weighted by molar-refractivity contribution is 0.183. The molecule has 1 rings (SSSR count). The largest absolute Gasteiger partial charge is 0.393 e. The van der Waals surface area contributed by atoms with E-state index in [1.165, 1.54) is 0 Å². The second-order valence-electron chi connectivity index (χ2n) is 3.58. The Morgan fingerprint density at radius 3 is 2.93 bits per heavy atom. The minimum absolute atomic E-state index is 0.206. The Hall–Kier alpha value is -1.09. The summed E-state index contributed by atoms with van der Waals surface area (Å²) in [5.41, 5.74) is 1.02. The predicted molar refractivity (Wildman–Crippen MR) is 58.4 cm³/mol. The average molecular weight is 194 g/mol. The van der Waals surface area contributed by atoms with Gasteiger partial charge in [0.15, 0.2) is 0 Å². The molecule has 0 saturated heterocycles. The van der Waals surface area contributed by atoms with Crippen molar-refractivity contribution in [2.75, 3.05) is 11.9 Å². The molecule has 0 saturated carbocycles. The summed E-state index contributed by atoms with van der Waals surface area (Å²) in [7, 11) is 0. The zero-order chi connectivity index (χ0) is 10.4. The van der Waals surface area contributed by atoms with Crippen molar-refractivity contribution < 1.29 is 5.11 Å². The van der Waals surface area contributed by atoms with E-state index in [0.29, 0.717) is 0 Å². The molecule has 78 valence electrons. The number of anilines is 1. The van der Waals surface area contributed by atoms with Crippen LogP contribution in [0.15, 0.2) is 18.2 Å². The molecule has 2 N–H and O–H groups in total. The van der Waals surface area contributed by atoms with Crippen LogP contribution in [0.2, 0.25) is 0 Å². The molecule has 0 bridgehead atoms. The van der Waals surface area contributed by atoms with Gasteiger partial charge in [-0.25, -0.2) is 4.98 Å². The van der Waals surface area contributed by atoms with Crippen LogP contribution in [0.1, 0.15) is 25.5 Å². The molecule has 0 aliphatic carbocycles. The summed E-state index contributed by atoms with van der Waals surface area (Å²) in [6.07, 6.45) is 1.59. The molecule has 1 aromatic rings. The second kappa shape index (κ2) is 5.60. The Balaban J connectivity index is 2.25. The van der Waals surface area contributed by atoms with Gasteiger partial charge in [0.1, 0.15) is 5.82 Å². The molecular weight excluding hydrogens is 176 g/mol. The molecule has 0 aliphatic heterocycles. The van der Waals surface area contributed by atoms with Gasteiger partial charge in [0, 0.05) is 12.2 Å². The Bertz CT molecular complexity index is 274. The summed E-state index contributed by atoms with van der Waals surface area (Å²) in [5.74, 6) is 0.913. The van der Waals surface area contributed by atoms with Gasteiger partial charge in [0.25, 0.3) is 0 Å². The van der Waals surface area contributed by atoms with Gasteiger partial charge in [-0.1, -0.05) is 6.07 Å². The first-order valence-corrected chi connectivity index (χ1v) is 5.04. The third-order valence-corrected chi connectivity index (χ3v) is 1.99.